The van der Waals surface area contributed by atoms with Crippen molar-refractivity contribution in [1.29, 1.82) is 0 Å². The van der Waals surface area contributed by atoms with Crippen molar-refractivity contribution in [3.63, 3.8) is 0 Å². The van der Waals surface area contributed by atoms with E-state index in [1.165, 1.54) is 27.4 Å². The third kappa shape index (κ3) is 4.80. The largest absolute Gasteiger partial charge is 0.309 e. The molecule has 246 valence electrons. The molecular weight excluding hydrogens is 645 g/mol. The zero-order valence-corrected chi connectivity index (χ0v) is 28.6. The van der Waals surface area contributed by atoms with E-state index in [1.54, 1.807) is 0 Å². The minimum absolute atomic E-state index is 0.641. The maximum atomic E-state index is 5.16. The molecule has 0 N–H and O–H groups in total. The predicted octanol–water partition coefficient (Wildman–Crippen LogP) is 12.4. The number of nitrogens with zero attached hydrogens (tertiary/aromatic N) is 4. The van der Waals surface area contributed by atoms with Gasteiger partial charge in [-0.2, -0.15) is 0 Å². The Labute approximate surface area is 306 Å². The average molecular weight is 675 g/mol. The lowest BCUT2D eigenvalue weighted by Gasteiger charge is -2.14. The van der Waals surface area contributed by atoms with Gasteiger partial charge in [0.1, 0.15) is 0 Å². The van der Waals surface area contributed by atoms with Crippen molar-refractivity contribution in [2.24, 2.45) is 0 Å². The average Bonchev–Trinajstić information content (AvgIpc) is 3.57. The summed E-state index contributed by atoms with van der Waals surface area (Å²) in [5.41, 5.74) is 13.2. The van der Waals surface area contributed by atoms with Gasteiger partial charge in [-0.25, -0.2) is 15.0 Å². The Bertz CT molecular complexity index is 3060. The Morgan fingerprint density at radius 2 is 0.887 bits per heavy atom. The van der Waals surface area contributed by atoms with E-state index in [-0.39, 0.29) is 0 Å². The zero-order valence-electron chi connectivity index (χ0n) is 28.6. The molecule has 0 atom stereocenters. The first kappa shape index (κ1) is 29.5. The van der Waals surface area contributed by atoms with Crippen LogP contribution in [0.25, 0.3) is 106 Å². The molecule has 0 fully saturated rings. The maximum absolute atomic E-state index is 5.16. The summed E-state index contributed by atoms with van der Waals surface area (Å²) in [6, 6.07) is 65.0. The molecule has 0 radical (unpaired) electrons. The first-order valence-corrected chi connectivity index (χ1v) is 17.9. The van der Waals surface area contributed by atoms with Gasteiger partial charge in [-0.15, -0.1) is 0 Å². The summed E-state index contributed by atoms with van der Waals surface area (Å²) in [5, 5.41) is 4.72. The molecular formula is C49H30N4. The van der Waals surface area contributed by atoms with Crippen LogP contribution >= 0.6 is 0 Å². The van der Waals surface area contributed by atoms with Gasteiger partial charge in [0, 0.05) is 33.2 Å². The highest BCUT2D eigenvalue weighted by atomic mass is 15.0. The van der Waals surface area contributed by atoms with E-state index in [0.717, 1.165) is 60.9 Å². The Morgan fingerprint density at radius 1 is 0.321 bits per heavy atom. The SMILES string of the molecule is c1ccc(-c2cccc3c2c2ccc4cc2n3-c2cccc(c2)-c2cccc(c2)-c2nc(nc(-c3cccc5ccccc35)n2)-c2cccc-4c2)cc1. The van der Waals surface area contributed by atoms with Gasteiger partial charge in [0.25, 0.3) is 0 Å². The maximum Gasteiger partial charge on any atom is 0.164 e. The molecule has 3 heterocycles. The molecule has 4 nitrogen and oxygen atoms in total. The fourth-order valence-corrected chi connectivity index (χ4v) is 8.06. The van der Waals surface area contributed by atoms with Crippen molar-refractivity contribution in [2.45, 2.75) is 0 Å². The lowest BCUT2D eigenvalue weighted by atomic mass is 9.97. The van der Waals surface area contributed by atoms with Crippen LogP contribution < -0.4 is 0 Å². The van der Waals surface area contributed by atoms with Crippen molar-refractivity contribution in [2.75, 3.05) is 0 Å². The Balaban J connectivity index is 1.22. The molecule has 11 rings (SSSR count). The fraction of sp³-hybridized carbons (Fsp3) is 0. The summed E-state index contributed by atoms with van der Waals surface area (Å²) in [5.74, 6) is 1.94. The summed E-state index contributed by atoms with van der Waals surface area (Å²) in [7, 11) is 0. The van der Waals surface area contributed by atoms with E-state index in [1.807, 2.05) is 0 Å². The van der Waals surface area contributed by atoms with Crippen LogP contribution in [-0.2, 0) is 0 Å². The summed E-state index contributed by atoms with van der Waals surface area (Å²) in [6.07, 6.45) is 0. The first-order valence-electron chi connectivity index (χ1n) is 17.9. The van der Waals surface area contributed by atoms with Crippen LogP contribution in [0.15, 0.2) is 182 Å². The fourth-order valence-electron chi connectivity index (χ4n) is 8.06. The Hall–Kier alpha value is -7.17. The Kier molecular flexibility index (Phi) is 6.52. The van der Waals surface area contributed by atoms with Crippen molar-refractivity contribution < 1.29 is 0 Å². The molecule has 2 aromatic heterocycles. The van der Waals surface area contributed by atoms with Crippen LogP contribution in [0.4, 0.5) is 0 Å². The lowest BCUT2D eigenvalue weighted by molar-refractivity contribution is 1.08. The molecule has 10 bridgehead atoms. The number of rotatable bonds is 2. The highest BCUT2D eigenvalue weighted by Crippen LogP contribution is 2.41. The van der Waals surface area contributed by atoms with Crippen LogP contribution in [0.5, 0.6) is 0 Å². The lowest BCUT2D eigenvalue weighted by Crippen LogP contribution is -2.01. The van der Waals surface area contributed by atoms with E-state index in [2.05, 4.69) is 187 Å². The second-order valence-electron chi connectivity index (χ2n) is 13.7. The van der Waals surface area contributed by atoms with E-state index >= 15 is 0 Å². The standard InChI is InChI=1S/C49H30N4/c1-2-11-32(12-3-1)41-22-10-24-44-46(41)43-26-25-36-30-45(43)53(44)39-20-8-17-35(29-39)33-15-6-18-37(27-33)47-50-48(38-19-7-16-34(36)28-38)52-49(51-47)42-23-9-14-31-13-4-5-21-40(31)42/h1-30H. The molecule has 0 saturated heterocycles. The number of hydrogen-bond acceptors (Lipinski definition) is 3. The van der Waals surface area contributed by atoms with E-state index in [4.69, 9.17) is 15.0 Å². The Morgan fingerprint density at radius 3 is 1.68 bits per heavy atom. The second-order valence-corrected chi connectivity index (χ2v) is 13.7. The van der Waals surface area contributed by atoms with Gasteiger partial charge in [-0.3, -0.25) is 0 Å². The number of hydrogen-bond donors (Lipinski definition) is 0. The van der Waals surface area contributed by atoms with Crippen LogP contribution in [0.3, 0.4) is 0 Å². The molecule has 0 saturated carbocycles. The summed E-state index contributed by atoms with van der Waals surface area (Å²) >= 11 is 0. The summed E-state index contributed by atoms with van der Waals surface area (Å²) < 4.78 is 2.42. The zero-order chi connectivity index (χ0) is 34.9. The molecule has 1 aliphatic rings. The van der Waals surface area contributed by atoms with Gasteiger partial charge in [-0.1, -0.05) is 146 Å². The third-order valence-corrected chi connectivity index (χ3v) is 10.6. The topological polar surface area (TPSA) is 43.6 Å². The summed E-state index contributed by atoms with van der Waals surface area (Å²) in [6.45, 7) is 0. The van der Waals surface area contributed by atoms with Crippen molar-refractivity contribution in [3.05, 3.63) is 182 Å². The van der Waals surface area contributed by atoms with Gasteiger partial charge in [0.15, 0.2) is 17.5 Å². The molecule has 8 aromatic carbocycles. The molecule has 4 heteroatoms. The van der Waals surface area contributed by atoms with E-state index < -0.39 is 0 Å². The second kappa shape index (κ2) is 11.7. The quantitative estimate of drug-likeness (QED) is 0.183. The van der Waals surface area contributed by atoms with Crippen LogP contribution in [0.2, 0.25) is 0 Å². The number of aromatic nitrogens is 4. The van der Waals surface area contributed by atoms with E-state index in [9.17, 15) is 0 Å². The molecule has 0 amide bonds. The minimum atomic E-state index is 0.641. The highest BCUT2D eigenvalue weighted by molar-refractivity contribution is 6.16. The molecule has 10 aromatic rings. The van der Waals surface area contributed by atoms with Gasteiger partial charge in [-0.05, 0) is 80.6 Å². The highest BCUT2D eigenvalue weighted by Gasteiger charge is 2.19. The van der Waals surface area contributed by atoms with Crippen molar-refractivity contribution >= 4 is 32.6 Å². The molecule has 0 aliphatic carbocycles. The summed E-state index contributed by atoms with van der Waals surface area (Å²) in [4.78, 5) is 15.5. The first-order chi connectivity index (χ1) is 26.2. The van der Waals surface area contributed by atoms with Crippen molar-refractivity contribution in [3.8, 4) is 73.2 Å². The molecule has 0 unspecified atom stereocenters. The monoisotopic (exact) mass is 674 g/mol. The third-order valence-electron chi connectivity index (χ3n) is 10.6. The predicted molar refractivity (Wildman–Crippen MR) is 218 cm³/mol. The smallest absolute Gasteiger partial charge is 0.164 e. The number of fused-ring (bicyclic) bond motifs is 18. The van der Waals surface area contributed by atoms with Crippen molar-refractivity contribution in [1.82, 2.24) is 19.5 Å². The minimum Gasteiger partial charge on any atom is -0.309 e. The van der Waals surface area contributed by atoms with Gasteiger partial charge < -0.3 is 4.57 Å². The van der Waals surface area contributed by atoms with Gasteiger partial charge >= 0.3 is 0 Å². The number of benzene rings is 8. The van der Waals surface area contributed by atoms with Gasteiger partial charge in [0.2, 0.25) is 0 Å². The van der Waals surface area contributed by atoms with E-state index in [0.29, 0.717) is 17.5 Å². The molecule has 53 heavy (non-hydrogen) atoms. The molecule has 0 spiro atoms. The molecule has 1 aliphatic heterocycles. The van der Waals surface area contributed by atoms with Crippen LogP contribution in [0.1, 0.15) is 0 Å². The normalized spacial score (nSPS) is 11.8. The van der Waals surface area contributed by atoms with Crippen LogP contribution in [-0.4, -0.2) is 19.5 Å². The van der Waals surface area contributed by atoms with Crippen LogP contribution in [0, 0.1) is 0 Å². The van der Waals surface area contributed by atoms with Gasteiger partial charge in [0.05, 0.1) is 11.0 Å².